The molecule has 2 rings (SSSR count). The molecule has 0 spiro atoms. The standard InChI is InChI=1S/C13H24N2O4S.ClH/c1-10-8-15(9-11(2)19-10)12(16)13(20(3,17)18)4-6-14-7-5-13;/h10-11,14H,4-9H2,1-3H3;1H. The maximum absolute atomic E-state index is 12.9. The van der Waals surface area contributed by atoms with Gasteiger partial charge in [0, 0.05) is 19.3 Å². The fraction of sp³-hybridized carbons (Fsp3) is 0.923. The summed E-state index contributed by atoms with van der Waals surface area (Å²) in [5.74, 6) is -0.247. The Morgan fingerprint density at radius 1 is 1.19 bits per heavy atom. The van der Waals surface area contributed by atoms with Crippen molar-refractivity contribution in [2.75, 3.05) is 32.4 Å². The zero-order valence-electron chi connectivity index (χ0n) is 12.8. The van der Waals surface area contributed by atoms with Crippen molar-refractivity contribution >= 4 is 28.2 Å². The smallest absolute Gasteiger partial charge is 0.244 e. The third kappa shape index (κ3) is 3.70. The Hall–Kier alpha value is -0.370. The van der Waals surface area contributed by atoms with Crippen molar-refractivity contribution in [3.63, 3.8) is 0 Å². The molecule has 2 heterocycles. The lowest BCUT2D eigenvalue weighted by atomic mass is 9.94. The van der Waals surface area contributed by atoms with Gasteiger partial charge in [0.25, 0.3) is 0 Å². The molecule has 6 nitrogen and oxygen atoms in total. The lowest BCUT2D eigenvalue weighted by Crippen LogP contribution is -2.61. The largest absolute Gasteiger partial charge is 0.372 e. The second-order valence-electron chi connectivity index (χ2n) is 5.98. The van der Waals surface area contributed by atoms with Crippen LogP contribution in [0.15, 0.2) is 0 Å². The van der Waals surface area contributed by atoms with Gasteiger partial charge in [-0.1, -0.05) is 0 Å². The van der Waals surface area contributed by atoms with E-state index >= 15 is 0 Å². The van der Waals surface area contributed by atoms with E-state index in [0.717, 1.165) is 0 Å². The predicted molar refractivity (Wildman–Crippen MR) is 83.5 cm³/mol. The van der Waals surface area contributed by atoms with Crippen LogP contribution in [0.2, 0.25) is 0 Å². The summed E-state index contributed by atoms with van der Waals surface area (Å²) in [5, 5.41) is 3.13. The van der Waals surface area contributed by atoms with Gasteiger partial charge in [-0.3, -0.25) is 4.79 Å². The third-order valence-electron chi connectivity index (χ3n) is 4.22. The molecular weight excluding hydrogens is 316 g/mol. The lowest BCUT2D eigenvalue weighted by molar-refractivity contribution is -0.146. The van der Waals surface area contributed by atoms with E-state index < -0.39 is 14.6 Å². The van der Waals surface area contributed by atoms with Crippen molar-refractivity contribution in [3.05, 3.63) is 0 Å². The molecule has 124 valence electrons. The summed E-state index contributed by atoms with van der Waals surface area (Å²) in [7, 11) is -3.44. The van der Waals surface area contributed by atoms with Gasteiger partial charge in [0.05, 0.1) is 12.2 Å². The minimum absolute atomic E-state index is 0. The Balaban J connectivity index is 0.00000220. The van der Waals surface area contributed by atoms with Crippen LogP contribution in [0.25, 0.3) is 0 Å². The molecule has 0 bridgehead atoms. The molecule has 2 atom stereocenters. The van der Waals surface area contributed by atoms with Crippen molar-refractivity contribution in [3.8, 4) is 0 Å². The van der Waals surface area contributed by atoms with Gasteiger partial charge in [-0.2, -0.15) is 0 Å². The van der Waals surface area contributed by atoms with Crippen LogP contribution in [0, 0.1) is 0 Å². The number of hydrogen-bond acceptors (Lipinski definition) is 5. The van der Waals surface area contributed by atoms with E-state index in [9.17, 15) is 13.2 Å². The maximum atomic E-state index is 12.9. The summed E-state index contributed by atoms with van der Waals surface area (Å²) in [5.41, 5.74) is 0. The van der Waals surface area contributed by atoms with Gasteiger partial charge in [-0.05, 0) is 39.8 Å². The minimum atomic E-state index is -3.44. The van der Waals surface area contributed by atoms with Gasteiger partial charge >= 0.3 is 0 Å². The molecule has 2 saturated heterocycles. The van der Waals surface area contributed by atoms with Crippen molar-refractivity contribution < 1.29 is 17.9 Å². The number of ether oxygens (including phenoxy) is 1. The summed E-state index contributed by atoms with van der Waals surface area (Å²) >= 11 is 0. The molecule has 1 N–H and O–H groups in total. The fourth-order valence-electron chi connectivity index (χ4n) is 3.21. The number of halogens is 1. The number of sulfone groups is 1. The Morgan fingerprint density at radius 2 is 1.67 bits per heavy atom. The van der Waals surface area contributed by atoms with E-state index in [-0.39, 0.29) is 30.5 Å². The number of amides is 1. The molecule has 0 aliphatic carbocycles. The second kappa shape index (κ2) is 6.81. The molecular formula is C13H25ClN2O4S. The Labute approximate surface area is 132 Å². The normalized spacial score (nSPS) is 29.6. The number of nitrogens with one attached hydrogen (secondary N) is 1. The molecule has 2 unspecified atom stereocenters. The zero-order chi connectivity index (χ0) is 15.0. The SMILES string of the molecule is CC1CN(C(=O)C2(S(C)(=O)=O)CCNCC2)CC(C)O1.Cl. The first-order valence-corrected chi connectivity index (χ1v) is 9.00. The molecule has 21 heavy (non-hydrogen) atoms. The Morgan fingerprint density at radius 3 is 2.10 bits per heavy atom. The highest BCUT2D eigenvalue weighted by Gasteiger charge is 2.51. The van der Waals surface area contributed by atoms with Crippen molar-refractivity contribution in [2.45, 2.75) is 43.6 Å². The summed E-state index contributed by atoms with van der Waals surface area (Å²) < 4.78 is 28.9. The number of piperidine rings is 1. The van der Waals surface area contributed by atoms with E-state index in [1.165, 1.54) is 6.26 Å². The van der Waals surface area contributed by atoms with Gasteiger partial charge < -0.3 is 15.0 Å². The average Bonchev–Trinajstić information content (AvgIpc) is 2.36. The Kier molecular flexibility index (Phi) is 6.06. The number of hydrogen-bond donors (Lipinski definition) is 1. The van der Waals surface area contributed by atoms with Crippen LogP contribution in [-0.2, 0) is 19.4 Å². The number of rotatable bonds is 2. The highest BCUT2D eigenvalue weighted by molar-refractivity contribution is 7.92. The van der Waals surface area contributed by atoms with Crippen molar-refractivity contribution in [1.29, 1.82) is 0 Å². The van der Waals surface area contributed by atoms with E-state index in [1.54, 1.807) is 4.90 Å². The van der Waals surface area contributed by atoms with E-state index in [1.807, 2.05) is 13.8 Å². The number of morpholine rings is 1. The molecule has 2 aliphatic heterocycles. The third-order valence-corrected chi connectivity index (χ3v) is 6.22. The summed E-state index contributed by atoms with van der Waals surface area (Å²) in [6.45, 7) is 5.88. The molecule has 2 aliphatic rings. The molecule has 2 fully saturated rings. The molecule has 0 aromatic rings. The first-order valence-electron chi connectivity index (χ1n) is 7.11. The highest BCUT2D eigenvalue weighted by atomic mass is 35.5. The van der Waals surface area contributed by atoms with Crippen LogP contribution in [0.4, 0.5) is 0 Å². The predicted octanol–water partition coefficient (Wildman–Crippen LogP) is 0.211. The topological polar surface area (TPSA) is 75.7 Å². The molecule has 8 heteroatoms. The first-order chi connectivity index (χ1) is 9.26. The van der Waals surface area contributed by atoms with Gasteiger partial charge in [-0.25, -0.2) is 8.42 Å². The van der Waals surface area contributed by atoms with Gasteiger partial charge in [0.2, 0.25) is 5.91 Å². The molecule has 0 aromatic heterocycles. The molecule has 1 amide bonds. The Bertz CT molecular complexity index is 467. The average molecular weight is 341 g/mol. The van der Waals surface area contributed by atoms with E-state index in [4.69, 9.17) is 4.74 Å². The number of nitrogens with zero attached hydrogens (tertiary/aromatic N) is 1. The minimum Gasteiger partial charge on any atom is -0.372 e. The summed E-state index contributed by atoms with van der Waals surface area (Å²) in [6, 6.07) is 0. The summed E-state index contributed by atoms with van der Waals surface area (Å²) in [6.07, 6.45) is 1.78. The van der Waals surface area contributed by atoms with Gasteiger partial charge in [0.15, 0.2) is 14.6 Å². The highest BCUT2D eigenvalue weighted by Crippen LogP contribution is 2.31. The van der Waals surface area contributed by atoms with E-state index in [2.05, 4.69) is 5.32 Å². The van der Waals surface area contributed by atoms with Crippen molar-refractivity contribution in [2.24, 2.45) is 0 Å². The number of carbonyl (C=O) groups excluding carboxylic acids is 1. The second-order valence-corrected chi connectivity index (χ2v) is 8.31. The maximum Gasteiger partial charge on any atom is 0.244 e. The van der Waals surface area contributed by atoms with Crippen LogP contribution in [0.3, 0.4) is 0 Å². The summed E-state index contributed by atoms with van der Waals surface area (Å²) in [4.78, 5) is 14.5. The van der Waals surface area contributed by atoms with E-state index in [0.29, 0.717) is 39.0 Å². The monoisotopic (exact) mass is 340 g/mol. The van der Waals surface area contributed by atoms with Crippen molar-refractivity contribution in [1.82, 2.24) is 10.2 Å². The van der Waals surface area contributed by atoms with Gasteiger partial charge in [-0.15, -0.1) is 12.4 Å². The van der Waals surface area contributed by atoms with Gasteiger partial charge in [0.1, 0.15) is 0 Å². The first kappa shape index (κ1) is 18.7. The molecule has 0 saturated carbocycles. The van der Waals surface area contributed by atoms with Crippen LogP contribution >= 0.6 is 12.4 Å². The fourth-order valence-corrected chi connectivity index (χ4v) is 4.60. The number of carbonyl (C=O) groups is 1. The quantitative estimate of drug-likeness (QED) is 0.777. The lowest BCUT2D eigenvalue weighted by Gasteiger charge is -2.42. The zero-order valence-corrected chi connectivity index (χ0v) is 14.4. The molecule has 0 radical (unpaired) electrons. The van der Waals surface area contributed by atoms with Crippen LogP contribution in [-0.4, -0.2) is 68.6 Å². The van der Waals surface area contributed by atoms with Crippen LogP contribution < -0.4 is 5.32 Å². The van der Waals surface area contributed by atoms with Crippen LogP contribution in [0.5, 0.6) is 0 Å². The van der Waals surface area contributed by atoms with Crippen LogP contribution in [0.1, 0.15) is 26.7 Å². The molecule has 0 aromatic carbocycles.